The van der Waals surface area contributed by atoms with Gasteiger partial charge in [0.2, 0.25) is 5.91 Å². The van der Waals surface area contributed by atoms with E-state index in [4.69, 9.17) is 0 Å². The van der Waals surface area contributed by atoms with E-state index in [1.807, 2.05) is 24.3 Å². The number of para-hydroxylation sites is 1. The van der Waals surface area contributed by atoms with E-state index >= 15 is 0 Å². The summed E-state index contributed by atoms with van der Waals surface area (Å²) in [6, 6.07) is 7.50. The molecule has 1 aliphatic heterocycles. The van der Waals surface area contributed by atoms with Crippen LogP contribution in [0, 0.1) is 0 Å². The van der Waals surface area contributed by atoms with Crippen molar-refractivity contribution < 1.29 is 9.59 Å². The number of H-pyrrole nitrogens is 1. The zero-order valence-electron chi connectivity index (χ0n) is 11.2. The zero-order valence-corrected chi connectivity index (χ0v) is 11.2. The third-order valence-corrected chi connectivity index (χ3v) is 3.65. The molecule has 1 aromatic heterocycles. The van der Waals surface area contributed by atoms with Crippen molar-refractivity contribution in [1.82, 2.24) is 20.4 Å². The highest BCUT2D eigenvalue weighted by Gasteiger charge is 2.25. The van der Waals surface area contributed by atoms with Crippen molar-refractivity contribution in [1.29, 1.82) is 0 Å². The number of carbonyl (C=O) groups excluding carboxylic acids is 2. The molecule has 1 aliphatic rings. The lowest BCUT2D eigenvalue weighted by molar-refractivity contribution is -0.132. The van der Waals surface area contributed by atoms with Crippen molar-refractivity contribution in [3.63, 3.8) is 0 Å². The van der Waals surface area contributed by atoms with Gasteiger partial charge in [-0.25, -0.2) is 0 Å². The smallest absolute Gasteiger partial charge is 0.272 e. The lowest BCUT2D eigenvalue weighted by Gasteiger charge is -2.29. The van der Waals surface area contributed by atoms with Crippen molar-refractivity contribution in [3.05, 3.63) is 30.0 Å². The summed E-state index contributed by atoms with van der Waals surface area (Å²) in [5.74, 6) is -0.0732. The first kappa shape index (κ1) is 12.7. The number of aromatic amines is 1. The minimum absolute atomic E-state index is 0.0133. The van der Waals surface area contributed by atoms with Gasteiger partial charge in [0.25, 0.3) is 5.91 Å². The van der Waals surface area contributed by atoms with E-state index in [9.17, 15) is 9.59 Å². The maximum atomic E-state index is 12.3. The molecule has 0 aliphatic carbocycles. The molecular weight excluding hydrogens is 256 g/mol. The molecule has 20 heavy (non-hydrogen) atoms. The van der Waals surface area contributed by atoms with Gasteiger partial charge in [-0.3, -0.25) is 14.7 Å². The summed E-state index contributed by atoms with van der Waals surface area (Å²) in [5, 5.41) is 10.7. The number of benzene rings is 1. The number of aromatic nitrogens is 2. The van der Waals surface area contributed by atoms with Gasteiger partial charge in [0, 0.05) is 31.4 Å². The van der Waals surface area contributed by atoms with Gasteiger partial charge < -0.3 is 10.2 Å². The fourth-order valence-corrected chi connectivity index (χ4v) is 2.52. The van der Waals surface area contributed by atoms with Crippen LogP contribution in [0.4, 0.5) is 0 Å². The first-order valence-electron chi connectivity index (χ1n) is 6.63. The fourth-order valence-electron chi connectivity index (χ4n) is 2.52. The molecule has 1 atom stereocenters. The third-order valence-electron chi connectivity index (χ3n) is 3.65. The van der Waals surface area contributed by atoms with E-state index in [2.05, 4.69) is 15.5 Å². The molecule has 0 saturated carbocycles. The second-order valence-corrected chi connectivity index (χ2v) is 5.10. The van der Waals surface area contributed by atoms with Crippen LogP contribution in [-0.2, 0) is 4.79 Å². The standard InChI is InChI=1S/C14H16N4O2/c1-18-8-9(6-7-12(18)19)15-14(20)13-10-4-2-3-5-11(10)16-17-13/h2-5,9H,6-8H2,1H3,(H,15,20)(H,16,17). The van der Waals surface area contributed by atoms with E-state index in [-0.39, 0.29) is 17.9 Å². The van der Waals surface area contributed by atoms with Crippen LogP contribution in [0.2, 0.25) is 0 Å². The summed E-state index contributed by atoms with van der Waals surface area (Å²) in [6.45, 7) is 0.549. The van der Waals surface area contributed by atoms with Crippen molar-refractivity contribution >= 4 is 22.7 Å². The van der Waals surface area contributed by atoms with E-state index in [1.54, 1.807) is 11.9 Å². The van der Waals surface area contributed by atoms with Crippen LogP contribution in [0.1, 0.15) is 23.3 Å². The Hall–Kier alpha value is -2.37. The van der Waals surface area contributed by atoms with Crippen LogP contribution in [-0.4, -0.2) is 46.5 Å². The van der Waals surface area contributed by atoms with Gasteiger partial charge in [0.1, 0.15) is 0 Å². The number of fused-ring (bicyclic) bond motifs is 1. The molecule has 1 aromatic carbocycles. The molecule has 2 aromatic rings. The summed E-state index contributed by atoms with van der Waals surface area (Å²) in [6.07, 6.45) is 1.15. The van der Waals surface area contributed by atoms with E-state index in [0.29, 0.717) is 25.1 Å². The third kappa shape index (κ3) is 2.24. The van der Waals surface area contributed by atoms with Crippen molar-refractivity contribution in [2.45, 2.75) is 18.9 Å². The predicted octanol–water partition coefficient (Wildman–Crippen LogP) is 0.913. The number of nitrogens with zero attached hydrogens (tertiary/aromatic N) is 2. The number of hydrogen-bond acceptors (Lipinski definition) is 3. The highest BCUT2D eigenvalue weighted by molar-refractivity contribution is 6.04. The number of likely N-dealkylation sites (tertiary alicyclic amines) is 1. The second-order valence-electron chi connectivity index (χ2n) is 5.10. The number of piperidine rings is 1. The van der Waals surface area contributed by atoms with Crippen LogP contribution < -0.4 is 5.32 Å². The summed E-state index contributed by atoms with van der Waals surface area (Å²) in [5.41, 5.74) is 1.24. The largest absolute Gasteiger partial charge is 0.346 e. The molecule has 2 N–H and O–H groups in total. The number of rotatable bonds is 2. The minimum atomic E-state index is -0.199. The molecule has 6 nitrogen and oxygen atoms in total. The Bertz CT molecular complexity index is 664. The Balaban J connectivity index is 1.75. The van der Waals surface area contributed by atoms with Crippen molar-refractivity contribution in [2.24, 2.45) is 0 Å². The first-order chi connectivity index (χ1) is 9.65. The lowest BCUT2D eigenvalue weighted by Crippen LogP contribution is -2.48. The zero-order chi connectivity index (χ0) is 14.1. The molecular formula is C14H16N4O2. The quantitative estimate of drug-likeness (QED) is 0.853. The van der Waals surface area contributed by atoms with E-state index < -0.39 is 0 Å². The predicted molar refractivity (Wildman–Crippen MR) is 74.2 cm³/mol. The SMILES string of the molecule is CN1CC(NC(=O)c2n[nH]c3ccccc23)CCC1=O. The van der Waals surface area contributed by atoms with Crippen LogP contribution in [0.3, 0.4) is 0 Å². The molecule has 0 spiro atoms. The normalized spacial score (nSPS) is 19.4. The monoisotopic (exact) mass is 272 g/mol. The molecule has 3 rings (SSSR count). The van der Waals surface area contributed by atoms with Crippen molar-refractivity contribution in [3.8, 4) is 0 Å². The average molecular weight is 272 g/mol. The highest BCUT2D eigenvalue weighted by atomic mass is 16.2. The first-order valence-corrected chi connectivity index (χ1v) is 6.63. The summed E-state index contributed by atoms with van der Waals surface area (Å²) < 4.78 is 0. The summed E-state index contributed by atoms with van der Waals surface area (Å²) in [4.78, 5) is 25.4. The van der Waals surface area contributed by atoms with Crippen LogP contribution in [0.15, 0.2) is 24.3 Å². The Kier molecular flexibility index (Phi) is 3.14. The lowest BCUT2D eigenvalue weighted by atomic mass is 10.1. The molecule has 6 heteroatoms. The highest BCUT2D eigenvalue weighted by Crippen LogP contribution is 2.16. The van der Waals surface area contributed by atoms with Gasteiger partial charge in [-0.1, -0.05) is 18.2 Å². The molecule has 1 fully saturated rings. The van der Waals surface area contributed by atoms with Gasteiger partial charge in [0.15, 0.2) is 5.69 Å². The van der Waals surface area contributed by atoms with Crippen LogP contribution in [0.25, 0.3) is 10.9 Å². The Morgan fingerprint density at radius 3 is 3.05 bits per heavy atom. The number of nitrogens with one attached hydrogen (secondary N) is 2. The summed E-state index contributed by atoms with van der Waals surface area (Å²) >= 11 is 0. The topological polar surface area (TPSA) is 78.1 Å². The fraction of sp³-hybridized carbons (Fsp3) is 0.357. The van der Waals surface area contributed by atoms with Gasteiger partial charge in [-0.15, -0.1) is 0 Å². The second kappa shape index (κ2) is 4.96. The Morgan fingerprint density at radius 1 is 1.45 bits per heavy atom. The maximum Gasteiger partial charge on any atom is 0.272 e. The molecule has 0 radical (unpaired) electrons. The van der Waals surface area contributed by atoms with E-state index in [1.165, 1.54) is 0 Å². The van der Waals surface area contributed by atoms with Gasteiger partial charge >= 0.3 is 0 Å². The van der Waals surface area contributed by atoms with E-state index in [0.717, 1.165) is 10.9 Å². The Labute approximate surface area is 116 Å². The van der Waals surface area contributed by atoms with Gasteiger partial charge in [-0.2, -0.15) is 5.10 Å². The Morgan fingerprint density at radius 2 is 2.25 bits per heavy atom. The number of amides is 2. The van der Waals surface area contributed by atoms with Crippen LogP contribution >= 0.6 is 0 Å². The minimum Gasteiger partial charge on any atom is -0.346 e. The molecule has 1 saturated heterocycles. The molecule has 0 bridgehead atoms. The van der Waals surface area contributed by atoms with Crippen molar-refractivity contribution in [2.75, 3.05) is 13.6 Å². The molecule has 2 amide bonds. The summed E-state index contributed by atoms with van der Waals surface area (Å²) in [7, 11) is 1.75. The van der Waals surface area contributed by atoms with Crippen LogP contribution in [0.5, 0.6) is 0 Å². The average Bonchev–Trinajstić information content (AvgIpc) is 2.87. The molecule has 1 unspecified atom stereocenters. The van der Waals surface area contributed by atoms with Gasteiger partial charge in [0.05, 0.1) is 5.52 Å². The molecule has 2 heterocycles. The molecule has 104 valence electrons. The number of carbonyl (C=O) groups is 2. The number of hydrogen-bond donors (Lipinski definition) is 2. The maximum absolute atomic E-state index is 12.3. The van der Waals surface area contributed by atoms with Gasteiger partial charge in [-0.05, 0) is 12.5 Å². The number of likely N-dealkylation sites (N-methyl/N-ethyl adjacent to an activating group) is 1.